The topological polar surface area (TPSA) is 24.9 Å². The number of nitrogens with zero attached hydrogens (tertiary/aromatic N) is 1. The summed E-state index contributed by atoms with van der Waals surface area (Å²) in [4.78, 5) is 4.67. The lowest BCUT2D eigenvalue weighted by molar-refractivity contribution is 0.997. The number of fused-ring (bicyclic) bond motifs is 4. The highest BCUT2D eigenvalue weighted by atomic mass is 32.2. The minimum atomic E-state index is 0.927. The highest BCUT2D eigenvalue weighted by Gasteiger charge is 2.06. The number of rotatable bonds is 0. The maximum absolute atomic E-state index is 4.67. The van der Waals surface area contributed by atoms with Crippen molar-refractivity contribution in [3.8, 4) is 0 Å². The van der Waals surface area contributed by atoms with Gasteiger partial charge in [0.05, 0.1) is 11.4 Å². The first-order chi connectivity index (χ1) is 8.90. The summed E-state index contributed by atoms with van der Waals surface area (Å²) < 4.78 is 0. The molecule has 2 aliphatic heterocycles. The second-order valence-electron chi connectivity index (χ2n) is 4.17. The Morgan fingerprint density at radius 3 is 2.94 bits per heavy atom. The number of nitrogens with one attached hydrogen (secondary N) is 1. The number of pyridine rings is 1. The Kier molecular flexibility index (Phi) is 3.76. The van der Waals surface area contributed by atoms with Gasteiger partial charge in [-0.15, -0.1) is 23.5 Å². The van der Waals surface area contributed by atoms with Crippen LogP contribution in [0.2, 0.25) is 0 Å². The van der Waals surface area contributed by atoms with Gasteiger partial charge in [0.15, 0.2) is 0 Å². The molecule has 0 spiro atoms. The Morgan fingerprint density at radius 1 is 1.11 bits per heavy atom. The number of aromatic nitrogens is 1. The third kappa shape index (κ3) is 3.00. The predicted molar refractivity (Wildman–Crippen MR) is 80.1 cm³/mol. The van der Waals surface area contributed by atoms with E-state index in [-0.39, 0.29) is 0 Å². The summed E-state index contributed by atoms with van der Waals surface area (Å²) in [5.74, 6) is 2.90. The van der Waals surface area contributed by atoms with Crippen molar-refractivity contribution in [2.45, 2.75) is 11.5 Å². The zero-order chi connectivity index (χ0) is 12.2. The number of thioether (sulfide) groups is 2. The van der Waals surface area contributed by atoms with Gasteiger partial charge < -0.3 is 5.32 Å². The molecule has 0 fully saturated rings. The molecule has 0 saturated heterocycles. The average molecular weight is 274 g/mol. The van der Waals surface area contributed by atoms with Crippen molar-refractivity contribution in [3.05, 3.63) is 64.6 Å². The van der Waals surface area contributed by atoms with Crippen LogP contribution in [0.3, 0.4) is 0 Å². The summed E-state index contributed by atoms with van der Waals surface area (Å²) >= 11 is 3.68. The number of hydrogen-bond donors (Lipinski definition) is 1. The van der Waals surface area contributed by atoms with Crippen LogP contribution in [0.5, 0.6) is 0 Å². The lowest BCUT2D eigenvalue weighted by atomic mass is 10.3. The summed E-state index contributed by atoms with van der Waals surface area (Å²) in [6, 6.07) is 6.31. The van der Waals surface area contributed by atoms with Gasteiger partial charge in [0.2, 0.25) is 0 Å². The first-order valence-electron chi connectivity index (χ1n) is 5.89. The Hall–Kier alpha value is -1.13. The predicted octanol–water partition coefficient (Wildman–Crippen LogP) is 3.45. The van der Waals surface area contributed by atoms with E-state index in [1.807, 2.05) is 11.8 Å². The normalized spacial score (nSPS) is 21.8. The molecule has 1 N–H and O–H groups in total. The molecule has 18 heavy (non-hydrogen) atoms. The average Bonchev–Trinajstić information content (AvgIpc) is 2.39. The Bertz CT molecular complexity index is 532. The van der Waals surface area contributed by atoms with E-state index in [0.29, 0.717) is 0 Å². The first-order valence-corrected chi connectivity index (χ1v) is 8.09. The van der Waals surface area contributed by atoms with Crippen LogP contribution in [-0.2, 0) is 11.5 Å². The van der Waals surface area contributed by atoms with Gasteiger partial charge >= 0.3 is 0 Å². The fraction of sp³-hybridized carbons (Fsp3) is 0.214. The SMILES string of the molecule is C1=C/C2=C/SCc3cccc(n3)CSCC(=C1)N2. The van der Waals surface area contributed by atoms with E-state index in [9.17, 15) is 0 Å². The maximum atomic E-state index is 4.67. The molecular weight excluding hydrogens is 260 g/mol. The van der Waals surface area contributed by atoms with Crippen molar-refractivity contribution < 1.29 is 0 Å². The molecule has 0 saturated carbocycles. The van der Waals surface area contributed by atoms with Crippen LogP contribution < -0.4 is 5.32 Å². The third-order valence-electron chi connectivity index (χ3n) is 2.69. The smallest absolute Gasteiger partial charge is 0.0509 e. The second kappa shape index (κ2) is 5.67. The highest BCUT2D eigenvalue weighted by molar-refractivity contribution is 8.01. The lowest BCUT2D eigenvalue weighted by Gasteiger charge is -2.15. The minimum Gasteiger partial charge on any atom is -0.358 e. The molecule has 0 atom stereocenters. The molecule has 3 rings (SSSR count). The summed E-state index contributed by atoms with van der Waals surface area (Å²) in [6.45, 7) is 0. The van der Waals surface area contributed by atoms with E-state index in [1.165, 1.54) is 17.1 Å². The molecule has 0 aromatic carbocycles. The summed E-state index contributed by atoms with van der Waals surface area (Å²) in [5, 5.41) is 5.62. The van der Waals surface area contributed by atoms with Gasteiger partial charge in [-0.25, -0.2) is 0 Å². The molecule has 2 aliphatic rings. The van der Waals surface area contributed by atoms with E-state index >= 15 is 0 Å². The van der Waals surface area contributed by atoms with Crippen molar-refractivity contribution in [1.82, 2.24) is 10.3 Å². The number of allylic oxidation sites excluding steroid dienone is 3. The Balaban J connectivity index is 1.84. The van der Waals surface area contributed by atoms with Crippen LogP contribution in [0.1, 0.15) is 11.4 Å². The van der Waals surface area contributed by atoms with Crippen molar-refractivity contribution >= 4 is 23.5 Å². The van der Waals surface area contributed by atoms with Crippen molar-refractivity contribution in [2.75, 3.05) is 5.75 Å². The highest BCUT2D eigenvalue weighted by Crippen LogP contribution is 2.21. The molecule has 92 valence electrons. The van der Waals surface area contributed by atoms with Gasteiger partial charge in [-0.1, -0.05) is 12.1 Å². The van der Waals surface area contributed by atoms with Gasteiger partial charge in [0, 0.05) is 28.7 Å². The molecule has 1 aromatic heterocycles. The fourth-order valence-electron chi connectivity index (χ4n) is 1.86. The van der Waals surface area contributed by atoms with Gasteiger partial charge in [-0.2, -0.15) is 0 Å². The summed E-state index contributed by atoms with van der Waals surface area (Å²) in [5.41, 5.74) is 4.78. The quantitative estimate of drug-likeness (QED) is 0.783. The summed E-state index contributed by atoms with van der Waals surface area (Å²) in [7, 11) is 0. The van der Waals surface area contributed by atoms with Crippen LogP contribution in [-0.4, -0.2) is 10.7 Å². The third-order valence-corrected chi connectivity index (χ3v) is 4.59. The molecule has 0 unspecified atom stereocenters. The van der Waals surface area contributed by atoms with Crippen LogP contribution in [0.15, 0.2) is 53.2 Å². The van der Waals surface area contributed by atoms with E-state index in [1.54, 1.807) is 11.8 Å². The Labute approximate surface area is 116 Å². The van der Waals surface area contributed by atoms with E-state index in [2.05, 4.69) is 52.1 Å². The molecular formula is C14H14N2S2. The molecule has 3 heterocycles. The van der Waals surface area contributed by atoms with Crippen molar-refractivity contribution in [2.24, 2.45) is 0 Å². The summed E-state index contributed by atoms with van der Waals surface area (Å²) in [6.07, 6.45) is 6.36. The van der Waals surface area contributed by atoms with Gasteiger partial charge in [-0.3, -0.25) is 4.98 Å². The second-order valence-corrected chi connectivity index (χ2v) is 6.02. The van der Waals surface area contributed by atoms with Crippen molar-refractivity contribution in [1.29, 1.82) is 0 Å². The maximum Gasteiger partial charge on any atom is 0.0509 e. The number of dihydropyridines is 1. The van der Waals surface area contributed by atoms with Crippen LogP contribution in [0, 0.1) is 0 Å². The first kappa shape index (κ1) is 11.9. The largest absolute Gasteiger partial charge is 0.358 e. The van der Waals surface area contributed by atoms with Crippen LogP contribution in [0.25, 0.3) is 0 Å². The van der Waals surface area contributed by atoms with E-state index < -0.39 is 0 Å². The van der Waals surface area contributed by atoms with Gasteiger partial charge in [0.25, 0.3) is 0 Å². The molecule has 0 radical (unpaired) electrons. The molecule has 4 heteroatoms. The fourth-order valence-corrected chi connectivity index (χ4v) is 3.45. The zero-order valence-corrected chi connectivity index (χ0v) is 11.6. The molecule has 4 bridgehead atoms. The molecule has 0 aliphatic carbocycles. The zero-order valence-electron chi connectivity index (χ0n) is 9.93. The van der Waals surface area contributed by atoms with Crippen LogP contribution >= 0.6 is 23.5 Å². The lowest BCUT2D eigenvalue weighted by Crippen LogP contribution is -2.15. The van der Waals surface area contributed by atoms with E-state index in [4.69, 9.17) is 0 Å². The van der Waals surface area contributed by atoms with Crippen LogP contribution in [0.4, 0.5) is 0 Å². The van der Waals surface area contributed by atoms with Crippen molar-refractivity contribution in [3.63, 3.8) is 0 Å². The number of hydrogen-bond acceptors (Lipinski definition) is 4. The molecule has 1 aromatic rings. The minimum absolute atomic E-state index is 0.927. The molecule has 2 nitrogen and oxygen atoms in total. The van der Waals surface area contributed by atoms with Gasteiger partial charge in [-0.05, 0) is 29.7 Å². The monoisotopic (exact) mass is 274 g/mol. The van der Waals surface area contributed by atoms with E-state index in [0.717, 1.165) is 23.0 Å². The van der Waals surface area contributed by atoms with Gasteiger partial charge in [0.1, 0.15) is 0 Å². The standard InChI is InChI=1S/C14H14N2S2/c1-3-11-7-17-9-13-5-2-6-14(16-13)10-18-8-12(4-1)15-11/h1-7,15H,8-10H2/b11-7-. The molecule has 0 amide bonds. The Morgan fingerprint density at radius 2 is 2.00 bits per heavy atom.